The first-order chi connectivity index (χ1) is 9.61. The highest BCUT2D eigenvalue weighted by atomic mass is 15.3. The first-order valence-electron chi connectivity index (χ1n) is 7.60. The Labute approximate surface area is 122 Å². The summed E-state index contributed by atoms with van der Waals surface area (Å²) in [5.41, 5.74) is 0. The summed E-state index contributed by atoms with van der Waals surface area (Å²) in [6.45, 7) is 7.71. The van der Waals surface area contributed by atoms with E-state index in [1.54, 1.807) is 0 Å². The lowest BCUT2D eigenvalue weighted by atomic mass is 9.90. The van der Waals surface area contributed by atoms with Gasteiger partial charge >= 0.3 is 0 Å². The highest BCUT2D eigenvalue weighted by Gasteiger charge is 2.24. The third kappa shape index (κ3) is 3.60. The zero-order valence-electron chi connectivity index (χ0n) is 13.1. The summed E-state index contributed by atoms with van der Waals surface area (Å²) in [6, 6.07) is 2.63. The summed E-state index contributed by atoms with van der Waals surface area (Å²) in [4.78, 5) is 13.2. The Bertz CT molecular complexity index is 412. The predicted octanol–water partition coefficient (Wildman–Crippen LogP) is 1.76. The number of hydrogen-bond donors (Lipinski definition) is 1. The second kappa shape index (κ2) is 6.88. The largest absolute Gasteiger partial charge is 0.356 e. The van der Waals surface area contributed by atoms with E-state index in [0.717, 1.165) is 37.3 Å². The number of rotatable bonds is 5. The van der Waals surface area contributed by atoms with Gasteiger partial charge in [-0.25, -0.2) is 4.98 Å². The quantitative estimate of drug-likeness (QED) is 0.888. The van der Waals surface area contributed by atoms with Crippen molar-refractivity contribution < 1.29 is 0 Å². The van der Waals surface area contributed by atoms with Crippen LogP contribution in [0.2, 0.25) is 0 Å². The monoisotopic (exact) mass is 277 g/mol. The molecule has 1 fully saturated rings. The molecule has 1 N–H and O–H groups in total. The topological polar surface area (TPSA) is 44.3 Å². The number of nitrogens with one attached hydrogen (secondary N) is 1. The smallest absolute Gasteiger partial charge is 0.226 e. The fraction of sp³-hybridized carbons (Fsp3) is 0.733. The van der Waals surface area contributed by atoms with Crippen LogP contribution in [0.4, 0.5) is 11.8 Å². The highest BCUT2D eigenvalue weighted by Crippen LogP contribution is 2.24. The minimum absolute atomic E-state index is 0.616. The van der Waals surface area contributed by atoms with Crippen molar-refractivity contribution in [3.8, 4) is 0 Å². The summed E-state index contributed by atoms with van der Waals surface area (Å²) in [5, 5.41) is 3.54. The van der Waals surface area contributed by atoms with Gasteiger partial charge in [-0.3, -0.25) is 0 Å². The number of piperidine rings is 1. The van der Waals surface area contributed by atoms with Gasteiger partial charge in [-0.1, -0.05) is 6.92 Å². The number of hydrogen-bond acceptors (Lipinski definition) is 5. The van der Waals surface area contributed by atoms with Crippen LogP contribution in [-0.2, 0) is 0 Å². The van der Waals surface area contributed by atoms with Gasteiger partial charge in [0.2, 0.25) is 5.95 Å². The maximum atomic E-state index is 4.63. The van der Waals surface area contributed by atoms with Crippen molar-refractivity contribution >= 4 is 11.8 Å². The molecule has 0 spiro atoms. The van der Waals surface area contributed by atoms with E-state index in [4.69, 9.17) is 0 Å². The molecule has 5 nitrogen and oxygen atoms in total. The fourth-order valence-electron chi connectivity index (χ4n) is 2.85. The van der Waals surface area contributed by atoms with Gasteiger partial charge in [0, 0.05) is 39.4 Å². The zero-order chi connectivity index (χ0) is 14.5. The highest BCUT2D eigenvalue weighted by molar-refractivity contribution is 5.43. The van der Waals surface area contributed by atoms with Crippen LogP contribution in [0.25, 0.3) is 0 Å². The van der Waals surface area contributed by atoms with Crippen LogP contribution in [0.5, 0.6) is 0 Å². The Balaban J connectivity index is 1.95. The van der Waals surface area contributed by atoms with Crippen LogP contribution in [0.1, 0.15) is 26.7 Å². The van der Waals surface area contributed by atoms with Crippen LogP contribution in [0.3, 0.4) is 0 Å². The Morgan fingerprint density at radius 3 is 2.70 bits per heavy atom. The molecule has 1 aliphatic heterocycles. The van der Waals surface area contributed by atoms with E-state index in [2.05, 4.69) is 34.0 Å². The average molecular weight is 277 g/mol. The Morgan fingerprint density at radius 2 is 2.10 bits per heavy atom. The van der Waals surface area contributed by atoms with E-state index in [1.807, 2.05) is 31.3 Å². The number of anilines is 2. The second-order valence-corrected chi connectivity index (χ2v) is 5.78. The summed E-state index contributed by atoms with van der Waals surface area (Å²) in [7, 11) is 3.95. The van der Waals surface area contributed by atoms with Gasteiger partial charge in [0.15, 0.2) is 0 Å². The van der Waals surface area contributed by atoms with Gasteiger partial charge < -0.3 is 15.1 Å². The molecule has 0 aliphatic carbocycles. The summed E-state index contributed by atoms with van der Waals surface area (Å²) < 4.78 is 0. The molecule has 20 heavy (non-hydrogen) atoms. The molecule has 0 amide bonds. The van der Waals surface area contributed by atoms with Crippen LogP contribution < -0.4 is 15.1 Å². The van der Waals surface area contributed by atoms with Gasteiger partial charge in [-0.15, -0.1) is 0 Å². The minimum atomic E-state index is 0.616. The lowest BCUT2D eigenvalue weighted by Gasteiger charge is -2.35. The van der Waals surface area contributed by atoms with Crippen molar-refractivity contribution in [1.29, 1.82) is 0 Å². The minimum Gasteiger partial charge on any atom is -0.356 e. The van der Waals surface area contributed by atoms with E-state index in [1.165, 1.54) is 12.8 Å². The van der Waals surface area contributed by atoms with Crippen LogP contribution in [0.15, 0.2) is 12.3 Å². The molecular formula is C15H27N5. The molecule has 0 bridgehead atoms. The van der Waals surface area contributed by atoms with E-state index in [9.17, 15) is 0 Å². The normalized spacial score (nSPS) is 18.1. The molecule has 0 aromatic carbocycles. The van der Waals surface area contributed by atoms with E-state index in [0.29, 0.717) is 6.04 Å². The third-order valence-corrected chi connectivity index (χ3v) is 4.12. The Morgan fingerprint density at radius 1 is 1.40 bits per heavy atom. The van der Waals surface area contributed by atoms with Gasteiger partial charge in [-0.2, -0.15) is 4.98 Å². The zero-order valence-corrected chi connectivity index (χ0v) is 13.1. The molecule has 0 saturated carbocycles. The van der Waals surface area contributed by atoms with E-state index >= 15 is 0 Å². The average Bonchev–Trinajstić information content (AvgIpc) is 2.48. The lowest BCUT2D eigenvalue weighted by molar-refractivity contribution is 0.314. The van der Waals surface area contributed by atoms with Crippen molar-refractivity contribution in [3.63, 3.8) is 0 Å². The first kappa shape index (κ1) is 15.0. The molecule has 2 rings (SSSR count). The fourth-order valence-corrected chi connectivity index (χ4v) is 2.85. The Hall–Kier alpha value is -1.36. The molecule has 0 radical (unpaired) electrons. The lowest BCUT2D eigenvalue weighted by Crippen LogP contribution is -2.42. The predicted molar refractivity (Wildman–Crippen MR) is 84.4 cm³/mol. The molecule has 2 heterocycles. The van der Waals surface area contributed by atoms with Crippen LogP contribution in [0, 0.1) is 5.92 Å². The van der Waals surface area contributed by atoms with Crippen molar-refractivity contribution in [2.45, 2.75) is 32.7 Å². The number of nitrogens with zero attached hydrogens (tertiary/aromatic N) is 4. The van der Waals surface area contributed by atoms with Crippen LogP contribution >= 0.6 is 0 Å². The second-order valence-electron chi connectivity index (χ2n) is 5.78. The van der Waals surface area contributed by atoms with Crippen molar-refractivity contribution in [3.05, 3.63) is 12.3 Å². The maximum Gasteiger partial charge on any atom is 0.226 e. The van der Waals surface area contributed by atoms with Gasteiger partial charge in [0.05, 0.1) is 0 Å². The molecule has 5 heteroatoms. The van der Waals surface area contributed by atoms with E-state index < -0.39 is 0 Å². The molecule has 1 unspecified atom stereocenters. The molecule has 112 valence electrons. The van der Waals surface area contributed by atoms with Crippen LogP contribution in [-0.4, -0.2) is 49.7 Å². The van der Waals surface area contributed by atoms with Gasteiger partial charge in [0.25, 0.3) is 0 Å². The van der Waals surface area contributed by atoms with Crippen molar-refractivity contribution in [1.82, 2.24) is 15.3 Å². The molecule has 1 saturated heterocycles. The number of aromatic nitrogens is 2. The molecular weight excluding hydrogens is 250 g/mol. The molecule has 1 aromatic rings. The molecule has 1 aromatic heterocycles. The molecule has 1 aliphatic rings. The van der Waals surface area contributed by atoms with Crippen molar-refractivity contribution in [2.75, 3.05) is 43.5 Å². The first-order valence-corrected chi connectivity index (χ1v) is 7.60. The van der Waals surface area contributed by atoms with E-state index in [-0.39, 0.29) is 0 Å². The summed E-state index contributed by atoms with van der Waals surface area (Å²) in [5.74, 6) is 2.62. The summed E-state index contributed by atoms with van der Waals surface area (Å²) in [6.07, 6.45) is 4.32. The maximum absolute atomic E-state index is 4.63. The Kier molecular flexibility index (Phi) is 5.17. The summed E-state index contributed by atoms with van der Waals surface area (Å²) >= 11 is 0. The SMILES string of the molecule is CCNC(C)C1CCN(c2ccnc(N(C)C)n2)CC1. The third-order valence-electron chi connectivity index (χ3n) is 4.12. The van der Waals surface area contributed by atoms with Gasteiger partial charge in [-0.05, 0) is 38.3 Å². The van der Waals surface area contributed by atoms with Gasteiger partial charge in [0.1, 0.15) is 5.82 Å². The van der Waals surface area contributed by atoms with Crippen molar-refractivity contribution in [2.24, 2.45) is 5.92 Å². The molecule has 1 atom stereocenters. The standard InChI is InChI=1S/C15H27N5/c1-5-16-12(2)13-7-10-20(11-8-13)14-6-9-17-15(18-14)19(3)4/h6,9,12-13,16H,5,7-8,10-11H2,1-4H3.